The van der Waals surface area contributed by atoms with E-state index in [1.165, 1.54) is 6.07 Å². The first-order valence-electron chi connectivity index (χ1n) is 7.68. The number of halogens is 2. The molecule has 5 nitrogen and oxygen atoms in total. The zero-order chi connectivity index (χ0) is 17.9. The minimum absolute atomic E-state index is 0.167. The number of nitrogens with zero attached hydrogens (tertiary/aromatic N) is 2. The number of benzene rings is 1. The van der Waals surface area contributed by atoms with Crippen LogP contribution in [0.25, 0.3) is 0 Å². The number of thioether (sulfide) groups is 1. The van der Waals surface area contributed by atoms with Gasteiger partial charge in [-0.2, -0.15) is 8.78 Å². The number of thiazole rings is 1. The number of aliphatic imine (C=N–C) groups is 1. The zero-order valence-electron chi connectivity index (χ0n) is 13.7. The molecule has 0 spiro atoms. The molecule has 136 valence electrons. The van der Waals surface area contributed by atoms with Crippen LogP contribution >= 0.6 is 23.1 Å². The standard InChI is InChI=1S/C16H20F2N4OS2/c1-19-15(20-7-4-9-24-16-21-8-10-25-16)22-11-12-5-2-3-6-13(12)23-14(17)18/h2-3,5-6,8,10,14H,4,7,9,11H2,1H3,(H2,19,20,22). The van der Waals surface area contributed by atoms with Crippen LogP contribution in [0, 0.1) is 0 Å². The number of ether oxygens (including phenoxy) is 1. The number of aromatic nitrogens is 1. The summed E-state index contributed by atoms with van der Waals surface area (Å²) >= 11 is 3.36. The van der Waals surface area contributed by atoms with Crippen LogP contribution in [-0.4, -0.2) is 36.9 Å². The summed E-state index contributed by atoms with van der Waals surface area (Å²) in [4.78, 5) is 8.35. The van der Waals surface area contributed by atoms with Gasteiger partial charge in [-0.15, -0.1) is 11.3 Å². The van der Waals surface area contributed by atoms with Crippen molar-refractivity contribution in [3.8, 4) is 5.75 Å². The van der Waals surface area contributed by atoms with E-state index in [1.54, 1.807) is 54.5 Å². The molecule has 2 aromatic rings. The summed E-state index contributed by atoms with van der Waals surface area (Å²) in [5.41, 5.74) is 0.644. The summed E-state index contributed by atoms with van der Waals surface area (Å²) < 4.78 is 30.4. The normalized spacial score (nSPS) is 11.6. The maximum Gasteiger partial charge on any atom is 0.387 e. The average Bonchev–Trinajstić information content (AvgIpc) is 3.11. The van der Waals surface area contributed by atoms with Crippen molar-refractivity contribution in [2.75, 3.05) is 19.3 Å². The Labute approximate surface area is 153 Å². The second kappa shape index (κ2) is 10.9. The molecule has 0 aliphatic carbocycles. The van der Waals surface area contributed by atoms with Crippen LogP contribution in [0.1, 0.15) is 12.0 Å². The van der Waals surface area contributed by atoms with E-state index in [0.29, 0.717) is 18.1 Å². The summed E-state index contributed by atoms with van der Waals surface area (Å²) in [6.07, 6.45) is 2.75. The number of alkyl halides is 2. The molecule has 0 fully saturated rings. The molecule has 0 bridgehead atoms. The van der Waals surface area contributed by atoms with Crippen LogP contribution in [0.3, 0.4) is 0 Å². The molecule has 1 aromatic carbocycles. The molecular weight excluding hydrogens is 366 g/mol. The van der Waals surface area contributed by atoms with Crippen molar-refractivity contribution in [3.05, 3.63) is 41.4 Å². The van der Waals surface area contributed by atoms with Gasteiger partial charge in [0.25, 0.3) is 0 Å². The molecule has 0 aliphatic heterocycles. The monoisotopic (exact) mass is 386 g/mol. The topological polar surface area (TPSA) is 58.5 Å². The molecule has 0 saturated carbocycles. The van der Waals surface area contributed by atoms with Gasteiger partial charge in [-0.1, -0.05) is 30.0 Å². The minimum Gasteiger partial charge on any atom is -0.434 e. The molecule has 0 saturated heterocycles. The fourth-order valence-corrected chi connectivity index (χ4v) is 3.63. The predicted octanol–water partition coefficient (Wildman–Crippen LogP) is 3.59. The Hall–Kier alpha value is -1.87. The summed E-state index contributed by atoms with van der Waals surface area (Å²) in [5, 5.41) is 8.26. The number of nitrogens with one attached hydrogen (secondary N) is 2. The van der Waals surface area contributed by atoms with Crippen LogP contribution in [0.15, 0.2) is 45.2 Å². The highest BCUT2D eigenvalue weighted by Crippen LogP contribution is 2.21. The Kier molecular flexibility index (Phi) is 8.47. The Balaban J connectivity index is 1.71. The van der Waals surface area contributed by atoms with Gasteiger partial charge in [-0.25, -0.2) is 4.98 Å². The van der Waals surface area contributed by atoms with E-state index >= 15 is 0 Å². The van der Waals surface area contributed by atoms with Gasteiger partial charge in [0.15, 0.2) is 5.96 Å². The van der Waals surface area contributed by atoms with E-state index in [2.05, 4.69) is 25.3 Å². The van der Waals surface area contributed by atoms with Gasteiger partial charge in [-0.3, -0.25) is 4.99 Å². The summed E-state index contributed by atoms with van der Waals surface area (Å²) in [6, 6.07) is 6.70. The highest BCUT2D eigenvalue weighted by molar-refractivity contribution is 8.00. The van der Waals surface area contributed by atoms with Crippen molar-refractivity contribution >= 4 is 29.1 Å². The third kappa shape index (κ3) is 7.27. The van der Waals surface area contributed by atoms with Crippen molar-refractivity contribution in [3.63, 3.8) is 0 Å². The Bertz CT molecular complexity index is 653. The molecule has 25 heavy (non-hydrogen) atoms. The fraction of sp³-hybridized carbons (Fsp3) is 0.375. The molecule has 1 heterocycles. The number of guanidine groups is 1. The molecule has 1 aromatic heterocycles. The second-order valence-corrected chi connectivity index (χ2v) is 7.08. The van der Waals surface area contributed by atoms with Crippen molar-refractivity contribution in [2.45, 2.75) is 23.9 Å². The lowest BCUT2D eigenvalue weighted by Crippen LogP contribution is -2.37. The highest BCUT2D eigenvalue weighted by Gasteiger charge is 2.09. The first-order valence-corrected chi connectivity index (χ1v) is 9.55. The number of rotatable bonds is 9. The maximum atomic E-state index is 12.4. The lowest BCUT2D eigenvalue weighted by Gasteiger charge is -2.14. The maximum absolute atomic E-state index is 12.4. The zero-order valence-corrected chi connectivity index (χ0v) is 15.4. The van der Waals surface area contributed by atoms with Gasteiger partial charge in [0.1, 0.15) is 10.1 Å². The molecule has 0 amide bonds. The van der Waals surface area contributed by atoms with Gasteiger partial charge in [-0.05, 0) is 12.5 Å². The molecule has 0 aliphatic rings. The Morgan fingerprint density at radius 1 is 1.36 bits per heavy atom. The van der Waals surface area contributed by atoms with E-state index in [4.69, 9.17) is 0 Å². The van der Waals surface area contributed by atoms with Crippen molar-refractivity contribution in [1.82, 2.24) is 15.6 Å². The van der Waals surface area contributed by atoms with Gasteiger partial charge < -0.3 is 15.4 Å². The van der Waals surface area contributed by atoms with Crippen LogP contribution in [0.5, 0.6) is 5.75 Å². The fourth-order valence-electron chi connectivity index (χ4n) is 1.98. The van der Waals surface area contributed by atoms with Gasteiger partial charge in [0.2, 0.25) is 0 Å². The van der Waals surface area contributed by atoms with Gasteiger partial charge >= 0.3 is 6.61 Å². The quantitative estimate of drug-likeness (QED) is 0.299. The molecule has 9 heteroatoms. The van der Waals surface area contributed by atoms with Crippen molar-refractivity contribution < 1.29 is 13.5 Å². The predicted molar refractivity (Wildman–Crippen MR) is 98.7 cm³/mol. The van der Waals surface area contributed by atoms with Gasteiger partial charge in [0.05, 0.1) is 0 Å². The third-order valence-electron chi connectivity index (χ3n) is 3.11. The van der Waals surface area contributed by atoms with E-state index in [-0.39, 0.29) is 5.75 Å². The van der Waals surface area contributed by atoms with Crippen LogP contribution in [0.2, 0.25) is 0 Å². The van der Waals surface area contributed by atoms with Gasteiger partial charge in [0, 0.05) is 43.0 Å². The average molecular weight is 386 g/mol. The van der Waals surface area contributed by atoms with Crippen molar-refractivity contribution in [2.24, 2.45) is 4.99 Å². The summed E-state index contributed by atoms with van der Waals surface area (Å²) in [6.45, 7) is -1.74. The summed E-state index contributed by atoms with van der Waals surface area (Å²) in [5.74, 6) is 1.74. The largest absolute Gasteiger partial charge is 0.434 e. The molecule has 0 unspecified atom stereocenters. The third-order valence-corrected chi connectivity index (χ3v) is 5.16. The van der Waals surface area contributed by atoms with E-state index < -0.39 is 6.61 Å². The van der Waals surface area contributed by atoms with Crippen molar-refractivity contribution in [1.29, 1.82) is 0 Å². The SMILES string of the molecule is CN=C(NCCCSc1nccs1)NCc1ccccc1OC(F)F. The first-order chi connectivity index (χ1) is 12.2. The molecule has 0 radical (unpaired) electrons. The van der Waals surface area contributed by atoms with Crippen LogP contribution in [0.4, 0.5) is 8.78 Å². The smallest absolute Gasteiger partial charge is 0.387 e. The summed E-state index contributed by atoms with van der Waals surface area (Å²) in [7, 11) is 1.67. The lowest BCUT2D eigenvalue weighted by atomic mass is 10.2. The molecule has 0 atom stereocenters. The number of hydrogen-bond donors (Lipinski definition) is 2. The molecule has 2 N–H and O–H groups in total. The van der Waals surface area contributed by atoms with Crippen LogP contribution in [-0.2, 0) is 6.54 Å². The Morgan fingerprint density at radius 2 is 2.20 bits per heavy atom. The molecular formula is C16H20F2N4OS2. The highest BCUT2D eigenvalue weighted by atomic mass is 32.2. The minimum atomic E-state index is -2.84. The van der Waals surface area contributed by atoms with E-state index in [9.17, 15) is 8.78 Å². The van der Waals surface area contributed by atoms with Crippen LogP contribution < -0.4 is 15.4 Å². The Morgan fingerprint density at radius 3 is 2.92 bits per heavy atom. The molecule has 2 rings (SSSR count). The van der Waals surface area contributed by atoms with E-state index in [1.807, 2.05) is 5.38 Å². The van der Waals surface area contributed by atoms with E-state index in [0.717, 1.165) is 23.1 Å². The number of hydrogen-bond acceptors (Lipinski definition) is 5. The lowest BCUT2D eigenvalue weighted by molar-refractivity contribution is -0.0504. The second-order valence-electron chi connectivity index (χ2n) is 4.84. The number of para-hydroxylation sites is 1. The first kappa shape index (κ1) is 19.5.